The SMILES string of the molecule is CN(C(=O)c1ccc(OCC2CC2)cn1)[C@H]1CCc2cc(-c3cccn3C(=O)O)ccc2C1. The summed E-state index contributed by atoms with van der Waals surface area (Å²) in [7, 11) is 1.84. The summed E-state index contributed by atoms with van der Waals surface area (Å²) in [4.78, 5) is 30.6. The van der Waals surface area contributed by atoms with Gasteiger partial charge in [-0.05, 0) is 85.0 Å². The molecule has 0 spiro atoms. The fourth-order valence-corrected chi connectivity index (χ4v) is 4.45. The van der Waals surface area contributed by atoms with Crippen molar-refractivity contribution in [1.82, 2.24) is 14.5 Å². The summed E-state index contributed by atoms with van der Waals surface area (Å²) in [5.41, 5.74) is 4.37. The van der Waals surface area contributed by atoms with Crippen LogP contribution in [-0.4, -0.2) is 51.3 Å². The zero-order valence-corrected chi connectivity index (χ0v) is 18.6. The van der Waals surface area contributed by atoms with Crippen LogP contribution in [0, 0.1) is 5.92 Å². The predicted molar refractivity (Wildman–Crippen MR) is 124 cm³/mol. The first kappa shape index (κ1) is 21.2. The molecule has 2 aromatic heterocycles. The van der Waals surface area contributed by atoms with Crippen molar-refractivity contribution >= 4 is 12.0 Å². The molecule has 1 atom stereocenters. The lowest BCUT2D eigenvalue weighted by atomic mass is 9.86. The number of amides is 1. The van der Waals surface area contributed by atoms with Gasteiger partial charge < -0.3 is 14.7 Å². The molecular formula is C26H27N3O4. The summed E-state index contributed by atoms with van der Waals surface area (Å²) in [6.45, 7) is 0.722. The number of hydrogen-bond acceptors (Lipinski definition) is 4. The van der Waals surface area contributed by atoms with Crippen LogP contribution in [0.25, 0.3) is 11.3 Å². The first-order valence-corrected chi connectivity index (χ1v) is 11.4. The molecule has 0 unspecified atom stereocenters. The number of nitrogens with zero attached hydrogens (tertiary/aromatic N) is 3. The molecular weight excluding hydrogens is 418 g/mol. The van der Waals surface area contributed by atoms with Gasteiger partial charge in [-0.25, -0.2) is 9.78 Å². The van der Waals surface area contributed by atoms with Gasteiger partial charge >= 0.3 is 6.09 Å². The fraction of sp³-hybridized carbons (Fsp3) is 0.346. The summed E-state index contributed by atoms with van der Waals surface area (Å²) in [6.07, 6.45) is 7.10. The second-order valence-electron chi connectivity index (χ2n) is 8.98. The van der Waals surface area contributed by atoms with E-state index >= 15 is 0 Å². The van der Waals surface area contributed by atoms with E-state index in [1.165, 1.54) is 28.5 Å². The Bertz CT molecular complexity index is 1180. The van der Waals surface area contributed by atoms with Gasteiger partial charge in [-0.1, -0.05) is 12.1 Å². The van der Waals surface area contributed by atoms with Crippen molar-refractivity contribution < 1.29 is 19.4 Å². The number of rotatable bonds is 6. The third-order valence-electron chi connectivity index (χ3n) is 6.67. The lowest BCUT2D eigenvalue weighted by Gasteiger charge is -2.32. The third-order valence-corrected chi connectivity index (χ3v) is 6.67. The van der Waals surface area contributed by atoms with Crippen LogP contribution >= 0.6 is 0 Å². The van der Waals surface area contributed by atoms with Gasteiger partial charge in [0, 0.05) is 19.3 Å². The molecule has 33 heavy (non-hydrogen) atoms. The van der Waals surface area contributed by atoms with Gasteiger partial charge in [0.05, 0.1) is 18.5 Å². The Labute approximate surface area is 192 Å². The van der Waals surface area contributed by atoms with E-state index in [-0.39, 0.29) is 11.9 Å². The van der Waals surface area contributed by atoms with Crippen LogP contribution in [0.5, 0.6) is 5.75 Å². The number of likely N-dealkylation sites (N-methyl/N-ethyl adjacent to an activating group) is 1. The molecule has 1 N–H and O–H groups in total. The quantitative estimate of drug-likeness (QED) is 0.604. The minimum Gasteiger partial charge on any atom is -0.492 e. The molecule has 1 fully saturated rings. The zero-order valence-electron chi connectivity index (χ0n) is 18.6. The van der Waals surface area contributed by atoms with Gasteiger partial charge in [0.2, 0.25) is 0 Å². The normalized spacial score (nSPS) is 17.3. The first-order valence-electron chi connectivity index (χ1n) is 11.4. The summed E-state index contributed by atoms with van der Waals surface area (Å²) in [5, 5.41) is 9.38. The number of fused-ring (bicyclic) bond motifs is 1. The Kier molecular flexibility index (Phi) is 5.62. The first-order chi connectivity index (χ1) is 16.0. The molecule has 0 aliphatic heterocycles. The monoisotopic (exact) mass is 445 g/mol. The topological polar surface area (TPSA) is 84.7 Å². The van der Waals surface area contributed by atoms with Gasteiger partial charge in [0.15, 0.2) is 0 Å². The largest absolute Gasteiger partial charge is 0.492 e. The van der Waals surface area contributed by atoms with E-state index in [4.69, 9.17) is 4.74 Å². The van der Waals surface area contributed by atoms with Crippen LogP contribution in [0.4, 0.5) is 4.79 Å². The van der Waals surface area contributed by atoms with Crippen molar-refractivity contribution in [2.45, 2.75) is 38.1 Å². The van der Waals surface area contributed by atoms with Crippen LogP contribution in [0.3, 0.4) is 0 Å². The van der Waals surface area contributed by atoms with Crippen molar-refractivity contribution in [3.05, 3.63) is 71.7 Å². The summed E-state index contributed by atoms with van der Waals surface area (Å²) >= 11 is 0. The van der Waals surface area contributed by atoms with Crippen molar-refractivity contribution in [3.8, 4) is 17.0 Å². The second kappa shape index (κ2) is 8.73. The molecule has 1 aromatic carbocycles. The summed E-state index contributed by atoms with van der Waals surface area (Å²) in [5.74, 6) is 1.29. The molecule has 0 bridgehead atoms. The molecule has 3 aromatic rings. The molecule has 170 valence electrons. The molecule has 2 aliphatic carbocycles. The average molecular weight is 446 g/mol. The highest BCUT2D eigenvalue weighted by atomic mass is 16.5. The van der Waals surface area contributed by atoms with Crippen LogP contribution in [0.15, 0.2) is 54.9 Å². The van der Waals surface area contributed by atoms with Gasteiger partial charge in [-0.3, -0.25) is 9.36 Å². The molecule has 0 saturated heterocycles. The fourth-order valence-electron chi connectivity index (χ4n) is 4.45. The Hall–Kier alpha value is -3.61. The highest BCUT2D eigenvalue weighted by Gasteiger charge is 2.27. The second-order valence-corrected chi connectivity index (χ2v) is 8.98. The highest BCUT2D eigenvalue weighted by molar-refractivity contribution is 5.92. The standard InChI is InChI=1S/C26H27N3O4/c1-28(25(30)23-11-10-22(15-27-23)33-16-17-4-5-17)21-9-8-18-13-20(7-6-19(18)14-21)24-3-2-12-29(24)26(31)32/h2-3,6-7,10-13,15,17,21H,4-5,8-9,14,16H2,1H3,(H,31,32)/t21-/m0/s1. The van der Waals surface area contributed by atoms with Crippen LogP contribution in [-0.2, 0) is 12.8 Å². The summed E-state index contributed by atoms with van der Waals surface area (Å²) < 4.78 is 6.95. The van der Waals surface area contributed by atoms with Gasteiger partial charge in [-0.2, -0.15) is 0 Å². The van der Waals surface area contributed by atoms with E-state index in [2.05, 4.69) is 17.1 Å². The number of carbonyl (C=O) groups excluding carboxylic acids is 1. The lowest BCUT2D eigenvalue weighted by molar-refractivity contribution is 0.0712. The van der Waals surface area contributed by atoms with E-state index in [1.807, 2.05) is 25.2 Å². The highest BCUT2D eigenvalue weighted by Crippen LogP contribution is 2.31. The summed E-state index contributed by atoms with van der Waals surface area (Å²) in [6, 6.07) is 13.3. The lowest BCUT2D eigenvalue weighted by Crippen LogP contribution is -2.41. The number of carbonyl (C=O) groups is 2. The maximum absolute atomic E-state index is 13.0. The van der Waals surface area contributed by atoms with E-state index in [0.29, 0.717) is 23.1 Å². The van der Waals surface area contributed by atoms with Gasteiger partial charge in [0.25, 0.3) is 5.91 Å². The number of aryl methyl sites for hydroxylation is 1. The molecule has 2 aliphatic rings. The molecule has 1 saturated carbocycles. The van der Waals surface area contributed by atoms with Crippen molar-refractivity contribution in [2.24, 2.45) is 5.92 Å². The van der Waals surface area contributed by atoms with Crippen LogP contribution in [0.1, 0.15) is 40.9 Å². The van der Waals surface area contributed by atoms with E-state index in [9.17, 15) is 14.7 Å². The van der Waals surface area contributed by atoms with Gasteiger partial charge in [-0.15, -0.1) is 0 Å². The number of aromatic nitrogens is 2. The van der Waals surface area contributed by atoms with E-state index in [1.54, 1.807) is 29.4 Å². The van der Waals surface area contributed by atoms with Crippen LogP contribution < -0.4 is 4.74 Å². The minimum absolute atomic E-state index is 0.0892. The molecule has 7 nitrogen and oxygen atoms in total. The Morgan fingerprint density at radius 1 is 1.15 bits per heavy atom. The van der Waals surface area contributed by atoms with Gasteiger partial charge in [0.1, 0.15) is 11.4 Å². The maximum Gasteiger partial charge on any atom is 0.415 e. The minimum atomic E-state index is -0.996. The molecule has 2 heterocycles. The van der Waals surface area contributed by atoms with Crippen LogP contribution in [0.2, 0.25) is 0 Å². The predicted octanol–water partition coefficient (Wildman–Crippen LogP) is 4.49. The Balaban J connectivity index is 1.26. The molecule has 0 radical (unpaired) electrons. The van der Waals surface area contributed by atoms with E-state index in [0.717, 1.165) is 31.4 Å². The average Bonchev–Trinajstić information content (AvgIpc) is 3.54. The van der Waals surface area contributed by atoms with E-state index < -0.39 is 6.09 Å². The number of pyridine rings is 1. The van der Waals surface area contributed by atoms with Crippen molar-refractivity contribution in [1.29, 1.82) is 0 Å². The third kappa shape index (κ3) is 4.49. The Morgan fingerprint density at radius 3 is 2.73 bits per heavy atom. The zero-order chi connectivity index (χ0) is 22.9. The number of benzene rings is 1. The maximum atomic E-state index is 13.0. The molecule has 5 rings (SSSR count). The van der Waals surface area contributed by atoms with Crippen molar-refractivity contribution in [3.63, 3.8) is 0 Å². The number of carboxylic acid groups (broad SMARTS) is 1. The molecule has 1 amide bonds. The smallest absolute Gasteiger partial charge is 0.415 e. The van der Waals surface area contributed by atoms with Crippen molar-refractivity contribution in [2.75, 3.05) is 13.7 Å². The number of hydrogen-bond donors (Lipinski definition) is 1. The molecule has 7 heteroatoms. The Morgan fingerprint density at radius 2 is 2.00 bits per heavy atom. The number of ether oxygens (including phenoxy) is 1.